The molecule has 0 atom stereocenters. The van der Waals surface area contributed by atoms with E-state index in [1.165, 1.54) is 19.3 Å². The van der Waals surface area contributed by atoms with Crippen molar-refractivity contribution < 1.29 is 0 Å². The molecule has 0 spiro atoms. The third kappa shape index (κ3) is 4.08. The molecule has 120 valence electrons. The van der Waals surface area contributed by atoms with Gasteiger partial charge in [-0.1, -0.05) is 13.8 Å². The average molecular weight is 406 g/mol. The topological polar surface area (TPSA) is 58.3 Å². The molecule has 0 radical (unpaired) electrons. The molecule has 1 aromatic rings. The Morgan fingerprint density at radius 2 is 2.14 bits per heavy atom. The van der Waals surface area contributed by atoms with Crippen molar-refractivity contribution >= 4 is 29.9 Å². The number of aliphatic imine (C=N–C) groups is 1. The Kier molecular flexibility index (Phi) is 6.89. The molecule has 1 fully saturated rings. The minimum absolute atomic E-state index is 0. The number of likely N-dealkylation sites (tertiary alicyclic amines) is 1. The molecule has 6 nitrogen and oxygen atoms in total. The van der Waals surface area contributed by atoms with E-state index < -0.39 is 0 Å². The smallest absolute Gasteiger partial charge is 0.194 e. The average Bonchev–Trinajstić information content (AvgIpc) is 3.07. The monoisotopic (exact) mass is 406 g/mol. The Morgan fingerprint density at radius 3 is 2.62 bits per heavy atom. The van der Waals surface area contributed by atoms with E-state index in [4.69, 9.17) is 0 Å². The summed E-state index contributed by atoms with van der Waals surface area (Å²) in [6.45, 7) is 7.43. The fourth-order valence-electron chi connectivity index (χ4n) is 2.90. The number of nitrogens with one attached hydrogen (secondary N) is 1. The summed E-state index contributed by atoms with van der Waals surface area (Å²) in [5.41, 5.74) is 0.461. The number of halogens is 1. The zero-order valence-corrected chi connectivity index (χ0v) is 15.8. The first kappa shape index (κ1) is 18.2. The van der Waals surface area contributed by atoms with E-state index in [9.17, 15) is 0 Å². The lowest BCUT2D eigenvalue weighted by Crippen LogP contribution is -2.41. The molecule has 0 aromatic carbocycles. The van der Waals surface area contributed by atoms with Crippen LogP contribution in [0.15, 0.2) is 11.3 Å². The second-order valence-electron chi connectivity index (χ2n) is 5.64. The first-order valence-electron chi connectivity index (χ1n) is 7.42. The number of aromatic nitrogens is 3. The normalized spacial score (nSPS) is 17.7. The van der Waals surface area contributed by atoms with Crippen molar-refractivity contribution in [3.8, 4) is 0 Å². The predicted molar refractivity (Wildman–Crippen MR) is 95.8 cm³/mol. The Morgan fingerprint density at radius 1 is 1.43 bits per heavy atom. The van der Waals surface area contributed by atoms with Crippen LogP contribution in [0.5, 0.6) is 0 Å². The van der Waals surface area contributed by atoms with Crippen molar-refractivity contribution in [3.05, 3.63) is 12.2 Å². The van der Waals surface area contributed by atoms with Gasteiger partial charge >= 0.3 is 0 Å². The minimum Gasteiger partial charge on any atom is -0.349 e. The van der Waals surface area contributed by atoms with E-state index in [-0.39, 0.29) is 24.0 Å². The maximum Gasteiger partial charge on any atom is 0.194 e. The molecule has 1 aliphatic rings. The number of hydrogen-bond donors (Lipinski definition) is 1. The summed E-state index contributed by atoms with van der Waals surface area (Å²) >= 11 is 0. The zero-order valence-electron chi connectivity index (χ0n) is 13.5. The zero-order chi connectivity index (χ0) is 14.6. The largest absolute Gasteiger partial charge is 0.349 e. The Balaban J connectivity index is 0.00000220. The molecule has 0 saturated carbocycles. The molecule has 0 unspecified atom stereocenters. The number of rotatable bonds is 4. The van der Waals surface area contributed by atoms with Gasteiger partial charge in [0.25, 0.3) is 0 Å². The maximum atomic E-state index is 4.41. The van der Waals surface area contributed by atoms with Gasteiger partial charge in [0.05, 0.1) is 6.54 Å². The minimum atomic E-state index is 0. The van der Waals surface area contributed by atoms with E-state index in [1.807, 2.05) is 18.7 Å². The molecule has 1 N–H and O–H groups in total. The van der Waals surface area contributed by atoms with Crippen molar-refractivity contribution in [2.45, 2.75) is 39.7 Å². The summed E-state index contributed by atoms with van der Waals surface area (Å²) in [6, 6.07) is 0. The van der Waals surface area contributed by atoms with Gasteiger partial charge in [-0.2, -0.15) is 0 Å². The summed E-state index contributed by atoms with van der Waals surface area (Å²) in [6.07, 6.45) is 5.44. The highest BCUT2D eigenvalue weighted by molar-refractivity contribution is 14.0. The van der Waals surface area contributed by atoms with Crippen molar-refractivity contribution in [1.29, 1.82) is 0 Å². The molecule has 21 heavy (non-hydrogen) atoms. The summed E-state index contributed by atoms with van der Waals surface area (Å²) in [5.74, 6) is 1.89. The van der Waals surface area contributed by atoms with Crippen LogP contribution in [-0.2, 0) is 13.6 Å². The molecule has 2 heterocycles. The lowest BCUT2D eigenvalue weighted by atomic mass is 9.82. The van der Waals surface area contributed by atoms with Crippen LogP contribution in [0.2, 0.25) is 0 Å². The fourth-order valence-corrected chi connectivity index (χ4v) is 2.90. The van der Waals surface area contributed by atoms with Gasteiger partial charge in [0.15, 0.2) is 11.8 Å². The van der Waals surface area contributed by atoms with Crippen LogP contribution in [0.25, 0.3) is 0 Å². The van der Waals surface area contributed by atoms with Crippen molar-refractivity contribution in [1.82, 2.24) is 25.0 Å². The van der Waals surface area contributed by atoms with E-state index >= 15 is 0 Å². The van der Waals surface area contributed by atoms with Gasteiger partial charge in [-0.15, -0.1) is 34.2 Å². The molecular formula is C14H27IN6. The lowest BCUT2D eigenvalue weighted by molar-refractivity contribution is 0.276. The standard InChI is InChI=1S/C14H26N6.HI/c1-5-14(6-2)7-8-20(10-14)13(15-3)16-9-12-18-17-11-19(12)4;/h11H,5-10H2,1-4H3,(H,15,16);1H. The second-order valence-corrected chi connectivity index (χ2v) is 5.64. The third-order valence-electron chi connectivity index (χ3n) is 4.66. The highest BCUT2D eigenvalue weighted by Gasteiger charge is 2.36. The van der Waals surface area contributed by atoms with Gasteiger partial charge in [0.1, 0.15) is 6.33 Å². The van der Waals surface area contributed by atoms with Gasteiger partial charge in [-0.3, -0.25) is 4.99 Å². The quantitative estimate of drug-likeness (QED) is 0.472. The fraction of sp³-hybridized carbons (Fsp3) is 0.786. The molecule has 0 aliphatic carbocycles. The lowest BCUT2D eigenvalue weighted by Gasteiger charge is -2.27. The van der Waals surface area contributed by atoms with Gasteiger partial charge in [0, 0.05) is 27.2 Å². The van der Waals surface area contributed by atoms with Crippen LogP contribution in [0.3, 0.4) is 0 Å². The molecular weight excluding hydrogens is 379 g/mol. The van der Waals surface area contributed by atoms with E-state index in [2.05, 4.69) is 39.3 Å². The SMILES string of the molecule is CCC1(CC)CCN(C(=NC)NCc2nncn2C)C1.I. The second kappa shape index (κ2) is 7.95. The summed E-state index contributed by atoms with van der Waals surface area (Å²) in [5, 5.41) is 11.4. The summed E-state index contributed by atoms with van der Waals surface area (Å²) in [7, 11) is 3.80. The molecule has 0 amide bonds. The summed E-state index contributed by atoms with van der Waals surface area (Å²) in [4.78, 5) is 6.77. The Hall–Kier alpha value is -0.860. The van der Waals surface area contributed by atoms with Gasteiger partial charge in [-0.25, -0.2) is 0 Å². The van der Waals surface area contributed by atoms with Crippen LogP contribution in [0, 0.1) is 5.41 Å². The molecule has 1 aromatic heterocycles. The van der Waals surface area contributed by atoms with E-state index in [0.717, 1.165) is 24.9 Å². The highest BCUT2D eigenvalue weighted by atomic mass is 127. The van der Waals surface area contributed by atoms with Crippen LogP contribution in [-0.4, -0.2) is 45.8 Å². The molecule has 1 aliphatic heterocycles. The van der Waals surface area contributed by atoms with Crippen LogP contribution >= 0.6 is 24.0 Å². The highest BCUT2D eigenvalue weighted by Crippen LogP contribution is 2.36. The first-order chi connectivity index (χ1) is 9.64. The van der Waals surface area contributed by atoms with Gasteiger partial charge in [0.2, 0.25) is 0 Å². The Bertz CT molecular complexity index is 466. The van der Waals surface area contributed by atoms with Gasteiger partial charge in [-0.05, 0) is 24.7 Å². The molecule has 2 rings (SSSR count). The Labute approximate surface area is 144 Å². The first-order valence-corrected chi connectivity index (χ1v) is 7.42. The third-order valence-corrected chi connectivity index (χ3v) is 4.66. The van der Waals surface area contributed by atoms with Crippen LogP contribution < -0.4 is 5.32 Å². The van der Waals surface area contributed by atoms with Crippen LogP contribution in [0.4, 0.5) is 0 Å². The van der Waals surface area contributed by atoms with Crippen LogP contribution in [0.1, 0.15) is 38.9 Å². The van der Waals surface area contributed by atoms with Crippen molar-refractivity contribution in [3.63, 3.8) is 0 Å². The van der Waals surface area contributed by atoms with Crippen molar-refractivity contribution in [2.24, 2.45) is 17.5 Å². The number of aryl methyl sites for hydroxylation is 1. The predicted octanol–water partition coefficient (Wildman–Crippen LogP) is 2.02. The maximum absolute atomic E-state index is 4.41. The molecule has 0 bridgehead atoms. The number of guanidine groups is 1. The van der Waals surface area contributed by atoms with Crippen molar-refractivity contribution in [2.75, 3.05) is 20.1 Å². The number of hydrogen-bond acceptors (Lipinski definition) is 3. The van der Waals surface area contributed by atoms with Gasteiger partial charge < -0.3 is 14.8 Å². The number of nitrogens with zero attached hydrogens (tertiary/aromatic N) is 5. The van der Waals surface area contributed by atoms with E-state index in [1.54, 1.807) is 6.33 Å². The van der Waals surface area contributed by atoms with E-state index in [0.29, 0.717) is 12.0 Å². The molecule has 1 saturated heterocycles. The summed E-state index contributed by atoms with van der Waals surface area (Å²) < 4.78 is 1.92. The molecule has 7 heteroatoms.